The summed E-state index contributed by atoms with van der Waals surface area (Å²) in [6.07, 6.45) is 0. The van der Waals surface area contributed by atoms with Crippen LogP contribution in [0.1, 0.15) is 32.6 Å². The average molecular weight is 303 g/mol. The van der Waals surface area contributed by atoms with Crippen LogP contribution in [0.2, 0.25) is 0 Å². The van der Waals surface area contributed by atoms with Crippen LogP contribution in [-0.4, -0.2) is 5.78 Å². The summed E-state index contributed by atoms with van der Waals surface area (Å²) in [4.78, 5) is 12.7. The molecule has 0 saturated carbocycles. The summed E-state index contributed by atoms with van der Waals surface area (Å²) in [6.45, 7) is 5.92. The molecule has 0 unspecified atom stereocenters. The number of benzene rings is 2. The maximum atomic E-state index is 12.7. The lowest BCUT2D eigenvalue weighted by Gasteiger charge is -2.12. The molecule has 0 amide bonds. The SMILES string of the molecule is Cc1cccc(C)c1C(=O)c1c(C)cccc1Br. The van der Waals surface area contributed by atoms with E-state index in [1.807, 2.05) is 57.2 Å². The molecule has 0 spiro atoms. The van der Waals surface area contributed by atoms with Crippen LogP contribution in [0.5, 0.6) is 0 Å². The minimum atomic E-state index is 0.0931. The summed E-state index contributed by atoms with van der Waals surface area (Å²) < 4.78 is 0.857. The van der Waals surface area contributed by atoms with Crippen molar-refractivity contribution in [1.29, 1.82) is 0 Å². The van der Waals surface area contributed by atoms with Gasteiger partial charge < -0.3 is 0 Å². The molecule has 18 heavy (non-hydrogen) atoms. The smallest absolute Gasteiger partial charge is 0.194 e. The second kappa shape index (κ2) is 5.07. The van der Waals surface area contributed by atoms with E-state index in [-0.39, 0.29) is 5.78 Å². The molecule has 1 nitrogen and oxygen atoms in total. The maximum Gasteiger partial charge on any atom is 0.194 e. The first kappa shape index (κ1) is 13.0. The largest absolute Gasteiger partial charge is 0.289 e. The Bertz CT molecular complexity index is 520. The highest BCUT2D eigenvalue weighted by Crippen LogP contribution is 2.26. The van der Waals surface area contributed by atoms with Crippen LogP contribution in [0.15, 0.2) is 40.9 Å². The summed E-state index contributed by atoms with van der Waals surface area (Å²) in [7, 11) is 0. The molecule has 2 aromatic rings. The van der Waals surface area contributed by atoms with Gasteiger partial charge in [0.25, 0.3) is 0 Å². The summed E-state index contributed by atoms with van der Waals surface area (Å²) in [5, 5.41) is 0. The molecule has 0 radical (unpaired) electrons. The summed E-state index contributed by atoms with van der Waals surface area (Å²) in [6, 6.07) is 11.8. The molecule has 0 aliphatic rings. The Morgan fingerprint density at radius 2 is 1.28 bits per heavy atom. The Labute approximate surface area is 116 Å². The third-order valence-electron chi connectivity index (χ3n) is 3.16. The zero-order chi connectivity index (χ0) is 13.3. The Kier molecular flexibility index (Phi) is 3.67. The first-order chi connectivity index (χ1) is 8.52. The highest BCUT2D eigenvalue weighted by molar-refractivity contribution is 9.10. The first-order valence-electron chi connectivity index (χ1n) is 5.88. The molecule has 0 bridgehead atoms. The zero-order valence-electron chi connectivity index (χ0n) is 10.8. The fourth-order valence-corrected chi connectivity index (χ4v) is 2.86. The molecule has 2 aromatic carbocycles. The van der Waals surface area contributed by atoms with Crippen molar-refractivity contribution in [2.75, 3.05) is 0 Å². The van der Waals surface area contributed by atoms with Gasteiger partial charge in [0.2, 0.25) is 0 Å². The van der Waals surface area contributed by atoms with Gasteiger partial charge >= 0.3 is 0 Å². The molecule has 0 fully saturated rings. The fourth-order valence-electron chi connectivity index (χ4n) is 2.22. The predicted octanol–water partition coefficient (Wildman–Crippen LogP) is 4.61. The number of rotatable bonds is 2. The minimum Gasteiger partial charge on any atom is -0.289 e. The second-order valence-electron chi connectivity index (χ2n) is 4.53. The van der Waals surface area contributed by atoms with Gasteiger partial charge in [-0.05, 0) is 43.5 Å². The predicted molar refractivity (Wildman–Crippen MR) is 78.2 cm³/mol. The lowest BCUT2D eigenvalue weighted by Crippen LogP contribution is -2.08. The Hall–Kier alpha value is -1.41. The van der Waals surface area contributed by atoms with Gasteiger partial charge in [-0.1, -0.05) is 46.3 Å². The lowest BCUT2D eigenvalue weighted by molar-refractivity contribution is 0.103. The van der Waals surface area contributed by atoms with Gasteiger partial charge in [0.15, 0.2) is 5.78 Å². The average Bonchev–Trinajstić information content (AvgIpc) is 2.28. The molecule has 92 valence electrons. The van der Waals surface area contributed by atoms with Crippen molar-refractivity contribution < 1.29 is 4.79 Å². The van der Waals surface area contributed by atoms with E-state index in [1.54, 1.807) is 0 Å². The van der Waals surface area contributed by atoms with E-state index in [1.165, 1.54) is 0 Å². The maximum absolute atomic E-state index is 12.7. The number of ketones is 1. The first-order valence-corrected chi connectivity index (χ1v) is 6.67. The van der Waals surface area contributed by atoms with Crippen LogP contribution in [0.3, 0.4) is 0 Å². The molecule has 0 saturated heterocycles. The Morgan fingerprint density at radius 1 is 0.833 bits per heavy atom. The van der Waals surface area contributed by atoms with Crippen molar-refractivity contribution in [2.24, 2.45) is 0 Å². The van der Waals surface area contributed by atoms with Crippen molar-refractivity contribution in [3.63, 3.8) is 0 Å². The van der Waals surface area contributed by atoms with E-state index < -0.39 is 0 Å². The van der Waals surface area contributed by atoms with Gasteiger partial charge in [-0.25, -0.2) is 0 Å². The van der Waals surface area contributed by atoms with Crippen LogP contribution >= 0.6 is 15.9 Å². The van der Waals surface area contributed by atoms with Crippen molar-refractivity contribution in [3.8, 4) is 0 Å². The van der Waals surface area contributed by atoms with Gasteiger partial charge in [0.05, 0.1) is 0 Å². The van der Waals surface area contributed by atoms with Crippen molar-refractivity contribution in [2.45, 2.75) is 20.8 Å². The van der Waals surface area contributed by atoms with Crippen LogP contribution in [0.4, 0.5) is 0 Å². The molecule has 0 aliphatic heterocycles. The number of carbonyl (C=O) groups is 1. The van der Waals surface area contributed by atoms with E-state index in [0.29, 0.717) is 0 Å². The van der Waals surface area contributed by atoms with Gasteiger partial charge in [-0.2, -0.15) is 0 Å². The number of aryl methyl sites for hydroxylation is 3. The lowest BCUT2D eigenvalue weighted by atomic mass is 9.93. The second-order valence-corrected chi connectivity index (χ2v) is 5.38. The molecule has 2 heteroatoms. The topological polar surface area (TPSA) is 17.1 Å². The van der Waals surface area contributed by atoms with Crippen molar-refractivity contribution in [1.82, 2.24) is 0 Å². The fraction of sp³-hybridized carbons (Fsp3) is 0.188. The molecule has 0 aliphatic carbocycles. The van der Waals surface area contributed by atoms with Gasteiger partial charge in [0.1, 0.15) is 0 Å². The number of halogens is 1. The standard InChI is InChI=1S/C16H15BrO/c1-10-6-4-7-11(2)14(10)16(18)15-12(3)8-5-9-13(15)17/h4-9H,1-3H3. The van der Waals surface area contributed by atoms with Crippen LogP contribution in [0, 0.1) is 20.8 Å². The Balaban J connectivity index is 2.63. The summed E-state index contributed by atoms with van der Waals surface area (Å²) >= 11 is 3.47. The molecule has 0 heterocycles. The van der Waals surface area contributed by atoms with Crippen LogP contribution in [-0.2, 0) is 0 Å². The van der Waals surface area contributed by atoms with Crippen molar-refractivity contribution >= 4 is 21.7 Å². The van der Waals surface area contributed by atoms with E-state index in [4.69, 9.17) is 0 Å². The van der Waals surface area contributed by atoms with E-state index in [2.05, 4.69) is 15.9 Å². The molecular weight excluding hydrogens is 288 g/mol. The highest BCUT2D eigenvalue weighted by atomic mass is 79.9. The van der Waals surface area contributed by atoms with Gasteiger partial charge in [-0.15, -0.1) is 0 Å². The molecule has 0 aromatic heterocycles. The number of hydrogen-bond donors (Lipinski definition) is 0. The molecule has 0 N–H and O–H groups in total. The Morgan fingerprint density at radius 3 is 1.78 bits per heavy atom. The van der Waals surface area contributed by atoms with E-state index >= 15 is 0 Å². The van der Waals surface area contributed by atoms with Crippen LogP contribution in [0.25, 0.3) is 0 Å². The third-order valence-corrected chi connectivity index (χ3v) is 3.82. The van der Waals surface area contributed by atoms with Crippen LogP contribution < -0.4 is 0 Å². The van der Waals surface area contributed by atoms with Crippen molar-refractivity contribution in [3.05, 3.63) is 68.7 Å². The van der Waals surface area contributed by atoms with E-state index in [0.717, 1.165) is 32.3 Å². The molecule has 2 rings (SSSR count). The normalized spacial score (nSPS) is 10.4. The zero-order valence-corrected chi connectivity index (χ0v) is 12.3. The minimum absolute atomic E-state index is 0.0931. The molecular formula is C16H15BrO. The number of carbonyl (C=O) groups excluding carboxylic acids is 1. The highest BCUT2D eigenvalue weighted by Gasteiger charge is 2.18. The summed E-state index contributed by atoms with van der Waals surface area (Å²) in [5.74, 6) is 0.0931. The van der Waals surface area contributed by atoms with Gasteiger partial charge in [-0.3, -0.25) is 4.79 Å². The molecule has 0 atom stereocenters. The third kappa shape index (κ3) is 2.25. The monoisotopic (exact) mass is 302 g/mol. The summed E-state index contributed by atoms with van der Waals surface area (Å²) in [5.41, 5.74) is 4.62. The quantitative estimate of drug-likeness (QED) is 0.741. The van der Waals surface area contributed by atoms with E-state index in [9.17, 15) is 4.79 Å². The van der Waals surface area contributed by atoms with Gasteiger partial charge in [0, 0.05) is 15.6 Å². The number of hydrogen-bond acceptors (Lipinski definition) is 1.